The summed E-state index contributed by atoms with van der Waals surface area (Å²) >= 11 is 1.57. The molecule has 1 aliphatic rings. The Hall–Kier alpha value is -2.62. The molecular formula is C23H25N3O4S2. The molecule has 2 heterocycles. The Morgan fingerprint density at radius 1 is 1.12 bits per heavy atom. The van der Waals surface area contributed by atoms with Crippen molar-refractivity contribution >= 4 is 33.4 Å². The molecule has 0 saturated carbocycles. The smallest absolute Gasteiger partial charge is 0.248 e. The van der Waals surface area contributed by atoms with Crippen LogP contribution in [0.3, 0.4) is 0 Å². The maximum absolute atomic E-state index is 13.2. The fraction of sp³-hybridized carbons (Fsp3) is 0.304. The van der Waals surface area contributed by atoms with Gasteiger partial charge >= 0.3 is 0 Å². The Balaban J connectivity index is 1.49. The summed E-state index contributed by atoms with van der Waals surface area (Å²) in [6.45, 7) is 3.70. The summed E-state index contributed by atoms with van der Waals surface area (Å²) in [4.78, 5) is 15.2. The molecule has 4 rings (SSSR count). The lowest BCUT2D eigenvalue weighted by molar-refractivity contribution is -0.120. The lowest BCUT2D eigenvalue weighted by atomic mass is 9.99. The Kier molecular flexibility index (Phi) is 6.68. The van der Waals surface area contributed by atoms with Gasteiger partial charge in [0.05, 0.1) is 11.6 Å². The maximum atomic E-state index is 13.2. The standard InChI is InChI=1S/C23H25N3O4S2/c1-16-22(17(2)30-25-16)32(28,29)26-14-8-9-18(15-26)23(27)24-20-12-6-7-13-21(20)31-19-10-4-3-5-11-19/h3-7,10-13,18H,8-9,14-15H2,1-2H3,(H,24,27). The molecule has 1 amide bonds. The van der Waals surface area contributed by atoms with Crippen molar-refractivity contribution in [2.45, 2.75) is 41.4 Å². The number of para-hydroxylation sites is 1. The number of aryl methyl sites for hydroxylation is 2. The molecule has 1 atom stereocenters. The average molecular weight is 472 g/mol. The van der Waals surface area contributed by atoms with Gasteiger partial charge in [-0.3, -0.25) is 4.79 Å². The number of aromatic nitrogens is 1. The van der Waals surface area contributed by atoms with Gasteiger partial charge in [-0.25, -0.2) is 8.42 Å². The predicted molar refractivity (Wildman–Crippen MR) is 123 cm³/mol. The Morgan fingerprint density at radius 2 is 1.84 bits per heavy atom. The minimum Gasteiger partial charge on any atom is -0.360 e. The van der Waals surface area contributed by atoms with Crippen LogP contribution >= 0.6 is 11.8 Å². The monoisotopic (exact) mass is 471 g/mol. The first-order chi connectivity index (χ1) is 15.4. The molecule has 1 aromatic heterocycles. The van der Waals surface area contributed by atoms with Gasteiger partial charge in [0.25, 0.3) is 0 Å². The van der Waals surface area contributed by atoms with Crippen LogP contribution in [0.15, 0.2) is 73.8 Å². The van der Waals surface area contributed by atoms with Crippen LogP contribution in [0.5, 0.6) is 0 Å². The van der Waals surface area contributed by atoms with Crippen molar-refractivity contribution in [1.29, 1.82) is 0 Å². The molecule has 9 heteroatoms. The second-order valence-electron chi connectivity index (χ2n) is 7.76. The number of benzene rings is 2. The number of carbonyl (C=O) groups is 1. The molecule has 7 nitrogen and oxygen atoms in total. The summed E-state index contributed by atoms with van der Waals surface area (Å²) in [7, 11) is -3.78. The highest BCUT2D eigenvalue weighted by Crippen LogP contribution is 2.34. The summed E-state index contributed by atoms with van der Waals surface area (Å²) < 4.78 is 32.8. The first kappa shape index (κ1) is 22.6. The van der Waals surface area contributed by atoms with Gasteiger partial charge in [-0.05, 0) is 51.0 Å². The largest absolute Gasteiger partial charge is 0.360 e. The number of hydrogen-bond donors (Lipinski definition) is 1. The third-order valence-corrected chi connectivity index (χ3v) is 8.63. The van der Waals surface area contributed by atoms with Crippen molar-refractivity contribution in [3.8, 4) is 0 Å². The molecule has 3 aromatic rings. The van der Waals surface area contributed by atoms with Gasteiger partial charge in [0.15, 0.2) is 5.76 Å². The fourth-order valence-electron chi connectivity index (χ4n) is 3.86. The van der Waals surface area contributed by atoms with Crippen LogP contribution < -0.4 is 5.32 Å². The molecular weight excluding hydrogens is 446 g/mol. The number of hydrogen-bond acceptors (Lipinski definition) is 6. The lowest BCUT2D eigenvalue weighted by Crippen LogP contribution is -2.44. The van der Waals surface area contributed by atoms with E-state index in [1.54, 1.807) is 25.6 Å². The van der Waals surface area contributed by atoms with Crippen LogP contribution in [0.25, 0.3) is 0 Å². The molecule has 0 radical (unpaired) electrons. The molecule has 1 unspecified atom stereocenters. The second kappa shape index (κ2) is 9.48. The van der Waals surface area contributed by atoms with Crippen LogP contribution in [0.1, 0.15) is 24.3 Å². The predicted octanol–water partition coefficient (Wildman–Crippen LogP) is 4.48. The van der Waals surface area contributed by atoms with Crippen molar-refractivity contribution in [2.24, 2.45) is 5.92 Å². The van der Waals surface area contributed by atoms with E-state index in [-0.39, 0.29) is 23.1 Å². The van der Waals surface area contributed by atoms with E-state index in [0.717, 1.165) is 15.5 Å². The van der Waals surface area contributed by atoms with Crippen LogP contribution in [0, 0.1) is 19.8 Å². The van der Waals surface area contributed by atoms with Gasteiger partial charge in [0, 0.05) is 22.9 Å². The van der Waals surface area contributed by atoms with E-state index in [4.69, 9.17) is 4.52 Å². The average Bonchev–Trinajstić information content (AvgIpc) is 3.14. The third kappa shape index (κ3) is 4.74. The first-order valence-corrected chi connectivity index (χ1v) is 12.7. The lowest BCUT2D eigenvalue weighted by Gasteiger charge is -2.31. The maximum Gasteiger partial charge on any atom is 0.248 e. The zero-order valence-corrected chi connectivity index (χ0v) is 19.6. The number of nitrogens with zero attached hydrogens (tertiary/aromatic N) is 2. The normalized spacial score (nSPS) is 17.2. The second-order valence-corrected chi connectivity index (χ2v) is 10.7. The highest BCUT2D eigenvalue weighted by molar-refractivity contribution is 7.99. The summed E-state index contributed by atoms with van der Waals surface area (Å²) in [6.07, 6.45) is 1.24. The first-order valence-electron chi connectivity index (χ1n) is 10.4. The van der Waals surface area contributed by atoms with E-state index in [1.165, 1.54) is 4.31 Å². The molecule has 1 N–H and O–H groups in total. The molecule has 32 heavy (non-hydrogen) atoms. The van der Waals surface area contributed by atoms with Crippen LogP contribution in [-0.4, -0.2) is 36.9 Å². The van der Waals surface area contributed by atoms with Gasteiger partial charge in [0.2, 0.25) is 15.9 Å². The van der Waals surface area contributed by atoms with Gasteiger partial charge in [-0.2, -0.15) is 4.31 Å². The van der Waals surface area contributed by atoms with E-state index in [1.807, 2.05) is 54.6 Å². The van der Waals surface area contributed by atoms with Crippen molar-refractivity contribution in [1.82, 2.24) is 9.46 Å². The highest BCUT2D eigenvalue weighted by Gasteiger charge is 2.36. The highest BCUT2D eigenvalue weighted by atomic mass is 32.2. The molecule has 0 spiro atoms. The zero-order valence-electron chi connectivity index (χ0n) is 17.9. The number of sulfonamides is 1. The molecule has 1 aliphatic heterocycles. The van der Waals surface area contributed by atoms with Gasteiger partial charge < -0.3 is 9.84 Å². The van der Waals surface area contributed by atoms with Crippen LogP contribution in [0.2, 0.25) is 0 Å². The van der Waals surface area contributed by atoms with Gasteiger partial charge in [-0.1, -0.05) is 47.3 Å². The topological polar surface area (TPSA) is 92.5 Å². The molecule has 168 valence electrons. The molecule has 1 fully saturated rings. The molecule has 1 saturated heterocycles. The van der Waals surface area contributed by atoms with Crippen molar-refractivity contribution in [3.05, 3.63) is 66.1 Å². The van der Waals surface area contributed by atoms with Gasteiger partial charge in [-0.15, -0.1) is 0 Å². The third-order valence-electron chi connectivity index (χ3n) is 5.44. The van der Waals surface area contributed by atoms with E-state index in [2.05, 4.69) is 10.5 Å². The van der Waals surface area contributed by atoms with E-state index in [9.17, 15) is 13.2 Å². The minimum atomic E-state index is -3.78. The number of rotatable bonds is 6. The SMILES string of the molecule is Cc1noc(C)c1S(=O)(=O)N1CCCC(C(=O)Nc2ccccc2Sc2ccccc2)C1. The Morgan fingerprint density at radius 3 is 2.56 bits per heavy atom. The summed E-state index contributed by atoms with van der Waals surface area (Å²) in [5.74, 6) is -0.348. The van der Waals surface area contributed by atoms with E-state index < -0.39 is 15.9 Å². The number of nitrogens with one attached hydrogen (secondary N) is 1. The summed E-state index contributed by atoms with van der Waals surface area (Å²) in [5, 5.41) is 6.79. The Labute approximate surface area is 192 Å². The van der Waals surface area contributed by atoms with Crippen LogP contribution in [0.4, 0.5) is 5.69 Å². The minimum absolute atomic E-state index is 0.100. The number of carbonyl (C=O) groups excluding carboxylic acids is 1. The fourth-order valence-corrected chi connectivity index (χ4v) is 6.59. The van der Waals surface area contributed by atoms with Crippen molar-refractivity contribution < 1.29 is 17.7 Å². The molecule has 0 aliphatic carbocycles. The zero-order chi connectivity index (χ0) is 22.7. The van der Waals surface area contributed by atoms with Crippen molar-refractivity contribution in [3.63, 3.8) is 0 Å². The quantitative estimate of drug-likeness (QED) is 0.570. The molecule has 2 aromatic carbocycles. The summed E-state index contributed by atoms with van der Waals surface area (Å²) in [6, 6.07) is 17.6. The number of amides is 1. The summed E-state index contributed by atoms with van der Waals surface area (Å²) in [5.41, 5.74) is 1.05. The van der Waals surface area contributed by atoms with Crippen LogP contribution in [-0.2, 0) is 14.8 Å². The van der Waals surface area contributed by atoms with E-state index >= 15 is 0 Å². The number of anilines is 1. The van der Waals surface area contributed by atoms with E-state index in [0.29, 0.717) is 25.1 Å². The molecule has 0 bridgehead atoms. The van der Waals surface area contributed by atoms with Gasteiger partial charge in [0.1, 0.15) is 10.6 Å². The van der Waals surface area contributed by atoms with Crippen molar-refractivity contribution in [2.75, 3.05) is 18.4 Å². The Bertz CT molecular complexity index is 1190. The number of piperidine rings is 1.